The molecule has 0 bridgehead atoms. The number of carboxylic acid groups (broad SMARTS) is 1. The van der Waals surface area contributed by atoms with Crippen molar-refractivity contribution in [3.8, 4) is 0 Å². The van der Waals surface area contributed by atoms with Crippen molar-refractivity contribution >= 4 is 23.6 Å². The van der Waals surface area contributed by atoms with Gasteiger partial charge in [-0.15, -0.1) is 11.8 Å². The van der Waals surface area contributed by atoms with E-state index in [1.165, 1.54) is 0 Å². The van der Waals surface area contributed by atoms with Crippen LogP contribution in [0.3, 0.4) is 0 Å². The average molecular weight is 332 g/mol. The Morgan fingerprint density at radius 3 is 2.68 bits per heavy atom. The van der Waals surface area contributed by atoms with E-state index in [-0.39, 0.29) is 23.8 Å². The molecule has 6 nitrogen and oxygen atoms in total. The molecule has 1 N–H and O–H groups in total. The third-order valence-electron chi connectivity index (χ3n) is 3.57. The van der Waals surface area contributed by atoms with Crippen LogP contribution in [-0.4, -0.2) is 83.7 Å². The lowest BCUT2D eigenvalue weighted by atomic mass is 10.1. The van der Waals surface area contributed by atoms with Gasteiger partial charge in [-0.3, -0.25) is 14.5 Å². The molecule has 2 unspecified atom stereocenters. The summed E-state index contributed by atoms with van der Waals surface area (Å²) in [5, 5.41) is 8.78. The minimum absolute atomic E-state index is 0.0134. The van der Waals surface area contributed by atoms with Crippen molar-refractivity contribution in [1.82, 2.24) is 9.80 Å². The molecular weight excluding hydrogens is 304 g/mol. The summed E-state index contributed by atoms with van der Waals surface area (Å²) in [7, 11) is 1.75. The number of aliphatic carboxylic acids is 1. The first-order valence-corrected chi connectivity index (χ1v) is 8.82. The van der Waals surface area contributed by atoms with Gasteiger partial charge >= 0.3 is 5.97 Å². The zero-order valence-corrected chi connectivity index (χ0v) is 14.8. The van der Waals surface area contributed by atoms with E-state index in [9.17, 15) is 9.59 Å². The number of thioether (sulfide) groups is 1. The van der Waals surface area contributed by atoms with Crippen LogP contribution < -0.4 is 0 Å². The Balaban J connectivity index is 2.57. The number of hydrogen-bond donors (Lipinski definition) is 1. The molecule has 2 atom stereocenters. The fourth-order valence-corrected chi connectivity index (χ4v) is 3.62. The molecule has 1 fully saturated rings. The van der Waals surface area contributed by atoms with Crippen molar-refractivity contribution in [3.05, 3.63) is 0 Å². The highest BCUT2D eigenvalue weighted by atomic mass is 32.2. The maximum Gasteiger partial charge on any atom is 0.317 e. The van der Waals surface area contributed by atoms with Crippen molar-refractivity contribution in [2.75, 3.05) is 45.6 Å². The van der Waals surface area contributed by atoms with Gasteiger partial charge in [0.05, 0.1) is 24.5 Å². The van der Waals surface area contributed by atoms with E-state index in [1.807, 2.05) is 4.90 Å². The molecule has 0 aromatic carbocycles. The van der Waals surface area contributed by atoms with Gasteiger partial charge in [0.25, 0.3) is 0 Å². The number of ether oxygens (including phenoxy) is 1. The molecule has 0 saturated carbocycles. The molecule has 0 aromatic rings. The average Bonchev–Trinajstić information content (AvgIpc) is 2.43. The Bertz CT molecular complexity index is 379. The molecule has 0 aromatic heterocycles. The fraction of sp³-hybridized carbons (Fsp3) is 0.867. The van der Waals surface area contributed by atoms with E-state index in [1.54, 1.807) is 23.7 Å². The number of likely N-dealkylation sites (N-methyl/N-ethyl adjacent to an activating group) is 1. The van der Waals surface area contributed by atoms with Crippen LogP contribution in [-0.2, 0) is 14.3 Å². The van der Waals surface area contributed by atoms with E-state index in [0.29, 0.717) is 32.2 Å². The largest absolute Gasteiger partial charge is 0.480 e. The summed E-state index contributed by atoms with van der Waals surface area (Å²) in [6, 6.07) is 0. The quantitative estimate of drug-likeness (QED) is 0.715. The number of amides is 1. The summed E-state index contributed by atoms with van der Waals surface area (Å²) in [6.07, 6.45) is -0.124. The lowest BCUT2D eigenvalue weighted by Gasteiger charge is -2.37. The third-order valence-corrected chi connectivity index (χ3v) is 5.00. The predicted molar refractivity (Wildman–Crippen MR) is 88.2 cm³/mol. The van der Waals surface area contributed by atoms with Crippen molar-refractivity contribution in [2.24, 2.45) is 5.92 Å². The summed E-state index contributed by atoms with van der Waals surface area (Å²) >= 11 is 1.69. The Kier molecular flexibility index (Phi) is 8.20. The molecule has 0 aliphatic carbocycles. The molecule has 7 heteroatoms. The third kappa shape index (κ3) is 6.14. The van der Waals surface area contributed by atoms with Gasteiger partial charge in [0.15, 0.2) is 0 Å². The minimum Gasteiger partial charge on any atom is -0.480 e. The Labute approximate surface area is 137 Å². The number of nitrogens with zero attached hydrogens (tertiary/aromatic N) is 2. The van der Waals surface area contributed by atoms with Crippen LogP contribution in [0.25, 0.3) is 0 Å². The summed E-state index contributed by atoms with van der Waals surface area (Å²) < 4.78 is 5.68. The first-order chi connectivity index (χ1) is 10.3. The highest BCUT2D eigenvalue weighted by molar-refractivity contribution is 8.00. The van der Waals surface area contributed by atoms with Gasteiger partial charge in [0.2, 0.25) is 5.91 Å². The standard InChI is InChI=1S/C15H28N2O4S/c1-5-22-14(11(2)3)15(20)17-6-7-21-12(9-17)8-16(4)10-13(18)19/h11-12,14H,5-10H2,1-4H3,(H,18,19). The molecule has 1 amide bonds. The molecule has 0 radical (unpaired) electrons. The van der Waals surface area contributed by atoms with Crippen LogP contribution in [0.4, 0.5) is 0 Å². The smallest absolute Gasteiger partial charge is 0.317 e. The second kappa shape index (κ2) is 9.37. The zero-order valence-electron chi connectivity index (χ0n) is 13.9. The number of rotatable bonds is 8. The van der Waals surface area contributed by atoms with Crippen LogP contribution in [0.1, 0.15) is 20.8 Å². The van der Waals surface area contributed by atoms with Gasteiger partial charge in [-0.1, -0.05) is 20.8 Å². The predicted octanol–water partition coefficient (Wildman–Crippen LogP) is 1.01. The van der Waals surface area contributed by atoms with Gasteiger partial charge < -0.3 is 14.7 Å². The zero-order chi connectivity index (χ0) is 16.7. The number of morpholine rings is 1. The highest BCUT2D eigenvalue weighted by Gasteiger charge is 2.31. The minimum atomic E-state index is -0.856. The topological polar surface area (TPSA) is 70.1 Å². The summed E-state index contributed by atoms with van der Waals surface area (Å²) in [4.78, 5) is 27.0. The summed E-state index contributed by atoms with van der Waals surface area (Å²) in [5.41, 5.74) is 0. The number of hydrogen-bond acceptors (Lipinski definition) is 5. The number of carbonyl (C=O) groups excluding carboxylic acids is 1. The van der Waals surface area contributed by atoms with E-state index in [0.717, 1.165) is 5.75 Å². The second-order valence-corrected chi connectivity index (χ2v) is 7.41. The van der Waals surface area contributed by atoms with E-state index < -0.39 is 5.97 Å². The van der Waals surface area contributed by atoms with Crippen LogP contribution in [0.5, 0.6) is 0 Å². The Morgan fingerprint density at radius 2 is 2.14 bits per heavy atom. The Morgan fingerprint density at radius 1 is 1.45 bits per heavy atom. The van der Waals surface area contributed by atoms with Crippen LogP contribution in [0.15, 0.2) is 0 Å². The molecule has 1 aliphatic rings. The van der Waals surface area contributed by atoms with Crippen LogP contribution in [0.2, 0.25) is 0 Å². The second-order valence-electron chi connectivity index (χ2n) is 5.99. The molecular formula is C15H28N2O4S. The molecule has 128 valence electrons. The van der Waals surface area contributed by atoms with Gasteiger partial charge in [-0.25, -0.2) is 0 Å². The SMILES string of the molecule is CCSC(C(=O)N1CCOC(CN(C)CC(=O)O)C1)C(C)C. The molecule has 1 heterocycles. The first kappa shape index (κ1) is 19.3. The van der Waals surface area contributed by atoms with E-state index in [2.05, 4.69) is 20.8 Å². The van der Waals surface area contributed by atoms with Crippen LogP contribution in [0, 0.1) is 5.92 Å². The van der Waals surface area contributed by atoms with Gasteiger partial charge in [0.1, 0.15) is 0 Å². The normalized spacial score (nSPS) is 20.5. The molecule has 0 spiro atoms. The monoisotopic (exact) mass is 332 g/mol. The lowest BCUT2D eigenvalue weighted by Crippen LogP contribution is -2.52. The van der Waals surface area contributed by atoms with Gasteiger partial charge in [0, 0.05) is 19.6 Å². The Hall–Kier alpha value is -0.790. The molecule has 1 saturated heterocycles. The van der Waals surface area contributed by atoms with Crippen molar-refractivity contribution in [2.45, 2.75) is 32.1 Å². The highest BCUT2D eigenvalue weighted by Crippen LogP contribution is 2.22. The summed E-state index contributed by atoms with van der Waals surface area (Å²) in [6.45, 7) is 8.38. The van der Waals surface area contributed by atoms with E-state index in [4.69, 9.17) is 9.84 Å². The lowest BCUT2D eigenvalue weighted by molar-refractivity contribution is -0.142. The maximum absolute atomic E-state index is 12.7. The number of carboxylic acids is 1. The van der Waals surface area contributed by atoms with Crippen LogP contribution >= 0.6 is 11.8 Å². The van der Waals surface area contributed by atoms with E-state index >= 15 is 0 Å². The maximum atomic E-state index is 12.7. The first-order valence-electron chi connectivity index (χ1n) is 7.77. The van der Waals surface area contributed by atoms with Gasteiger partial charge in [-0.05, 0) is 18.7 Å². The van der Waals surface area contributed by atoms with Crippen molar-refractivity contribution < 1.29 is 19.4 Å². The van der Waals surface area contributed by atoms with Crippen molar-refractivity contribution in [1.29, 1.82) is 0 Å². The molecule has 1 rings (SSSR count). The number of carbonyl (C=O) groups is 2. The fourth-order valence-electron chi connectivity index (χ4n) is 2.58. The van der Waals surface area contributed by atoms with Crippen molar-refractivity contribution in [3.63, 3.8) is 0 Å². The molecule has 22 heavy (non-hydrogen) atoms. The summed E-state index contributed by atoms with van der Waals surface area (Å²) in [5.74, 6) is 0.541. The molecule has 1 aliphatic heterocycles. The van der Waals surface area contributed by atoms with Gasteiger partial charge in [-0.2, -0.15) is 0 Å².